The van der Waals surface area contributed by atoms with E-state index in [9.17, 15) is 9.59 Å². The van der Waals surface area contributed by atoms with Gasteiger partial charge in [-0.15, -0.1) is 5.10 Å². The molecule has 7 heteroatoms. The molecule has 0 spiro atoms. The highest BCUT2D eigenvalue weighted by atomic mass is 16.2. The summed E-state index contributed by atoms with van der Waals surface area (Å²) in [7, 11) is 0. The molecule has 1 aliphatic carbocycles. The third kappa shape index (κ3) is 5.00. The van der Waals surface area contributed by atoms with E-state index >= 15 is 0 Å². The van der Waals surface area contributed by atoms with Gasteiger partial charge in [0.25, 0.3) is 5.91 Å². The highest BCUT2D eigenvalue weighted by Gasteiger charge is 2.29. The van der Waals surface area contributed by atoms with Crippen molar-refractivity contribution in [1.82, 2.24) is 15.5 Å². The van der Waals surface area contributed by atoms with E-state index in [1.54, 1.807) is 24.3 Å². The van der Waals surface area contributed by atoms with Gasteiger partial charge in [-0.1, -0.05) is 0 Å². The lowest BCUT2D eigenvalue weighted by atomic mass is 10.2. The van der Waals surface area contributed by atoms with E-state index < -0.39 is 0 Å². The van der Waals surface area contributed by atoms with Gasteiger partial charge in [-0.05, 0) is 56.2 Å². The van der Waals surface area contributed by atoms with E-state index in [4.69, 9.17) is 0 Å². The van der Waals surface area contributed by atoms with Crippen molar-refractivity contribution in [2.75, 3.05) is 23.7 Å². The molecule has 0 aliphatic heterocycles. The second-order valence-electron chi connectivity index (χ2n) is 6.08. The summed E-state index contributed by atoms with van der Waals surface area (Å²) in [6.07, 6.45) is 1.93. The van der Waals surface area contributed by atoms with Gasteiger partial charge in [0.1, 0.15) is 5.82 Å². The molecule has 1 fully saturated rings. The molecule has 1 saturated carbocycles. The van der Waals surface area contributed by atoms with Gasteiger partial charge in [-0.3, -0.25) is 9.59 Å². The van der Waals surface area contributed by atoms with Crippen molar-refractivity contribution in [2.45, 2.75) is 19.8 Å². The van der Waals surface area contributed by atoms with Crippen molar-refractivity contribution >= 4 is 23.3 Å². The Kier molecular flexibility index (Phi) is 5.23. The van der Waals surface area contributed by atoms with Crippen molar-refractivity contribution in [3.8, 4) is 0 Å². The SMILES string of the molecule is Cc1ccc(NCCNC(=O)c2ccc(NC(=O)C3CC3)cc2)nn1. The highest BCUT2D eigenvalue weighted by molar-refractivity contribution is 5.96. The molecular weight excluding hydrogens is 318 g/mol. The molecule has 0 bridgehead atoms. The number of amides is 2. The molecule has 1 aromatic carbocycles. The van der Waals surface area contributed by atoms with E-state index in [1.165, 1.54) is 0 Å². The Hall–Kier alpha value is -2.96. The Balaban J connectivity index is 1.41. The molecule has 2 amide bonds. The zero-order valence-electron chi connectivity index (χ0n) is 14.1. The minimum absolute atomic E-state index is 0.0579. The molecule has 1 heterocycles. The van der Waals surface area contributed by atoms with Crippen LogP contribution in [0.1, 0.15) is 28.9 Å². The number of aryl methyl sites for hydroxylation is 1. The average molecular weight is 339 g/mol. The van der Waals surface area contributed by atoms with Crippen molar-refractivity contribution in [3.63, 3.8) is 0 Å². The molecular formula is C18H21N5O2. The Morgan fingerprint density at radius 1 is 1.04 bits per heavy atom. The molecule has 3 N–H and O–H groups in total. The summed E-state index contributed by atoms with van der Waals surface area (Å²) in [6.45, 7) is 2.90. The summed E-state index contributed by atoms with van der Waals surface area (Å²) in [6, 6.07) is 10.6. The van der Waals surface area contributed by atoms with Gasteiger partial charge in [-0.25, -0.2) is 0 Å². The zero-order valence-corrected chi connectivity index (χ0v) is 14.1. The molecule has 0 atom stereocenters. The molecule has 1 aliphatic rings. The second-order valence-corrected chi connectivity index (χ2v) is 6.08. The maximum atomic E-state index is 12.1. The molecule has 130 valence electrons. The lowest BCUT2D eigenvalue weighted by molar-refractivity contribution is -0.117. The molecule has 3 rings (SSSR count). The molecule has 25 heavy (non-hydrogen) atoms. The van der Waals surface area contributed by atoms with E-state index in [1.807, 2.05) is 19.1 Å². The lowest BCUT2D eigenvalue weighted by Gasteiger charge is -2.08. The number of nitrogens with one attached hydrogen (secondary N) is 3. The Bertz CT molecular complexity index is 739. The normalized spacial score (nSPS) is 13.2. The third-order valence-electron chi connectivity index (χ3n) is 3.88. The number of carbonyl (C=O) groups excluding carboxylic acids is 2. The summed E-state index contributed by atoms with van der Waals surface area (Å²) in [5.41, 5.74) is 2.13. The van der Waals surface area contributed by atoms with E-state index in [2.05, 4.69) is 26.1 Å². The number of anilines is 2. The van der Waals surface area contributed by atoms with Crippen LogP contribution < -0.4 is 16.0 Å². The van der Waals surface area contributed by atoms with Crippen molar-refractivity contribution in [2.24, 2.45) is 5.92 Å². The van der Waals surface area contributed by atoms with E-state index in [0.29, 0.717) is 30.2 Å². The van der Waals surface area contributed by atoms with Crippen LogP contribution in [0.5, 0.6) is 0 Å². The Morgan fingerprint density at radius 3 is 2.44 bits per heavy atom. The van der Waals surface area contributed by atoms with Crippen LogP contribution in [-0.4, -0.2) is 35.1 Å². The highest BCUT2D eigenvalue weighted by Crippen LogP contribution is 2.30. The molecule has 7 nitrogen and oxygen atoms in total. The Morgan fingerprint density at radius 2 is 1.80 bits per heavy atom. The first-order valence-corrected chi connectivity index (χ1v) is 8.35. The van der Waals surface area contributed by atoms with Gasteiger partial charge in [0.2, 0.25) is 5.91 Å². The fourth-order valence-electron chi connectivity index (χ4n) is 2.26. The number of hydrogen-bond donors (Lipinski definition) is 3. The molecule has 0 saturated heterocycles. The summed E-state index contributed by atoms with van der Waals surface area (Å²) in [5, 5.41) is 16.7. The minimum Gasteiger partial charge on any atom is -0.367 e. The van der Waals surface area contributed by atoms with Gasteiger partial charge in [0.15, 0.2) is 0 Å². The van der Waals surface area contributed by atoms with Gasteiger partial charge in [0.05, 0.1) is 5.69 Å². The monoisotopic (exact) mass is 339 g/mol. The van der Waals surface area contributed by atoms with Crippen LogP contribution in [0.15, 0.2) is 36.4 Å². The van der Waals surface area contributed by atoms with E-state index in [0.717, 1.165) is 18.5 Å². The first-order chi connectivity index (χ1) is 12.1. The van der Waals surface area contributed by atoms with Crippen LogP contribution >= 0.6 is 0 Å². The fourth-order valence-corrected chi connectivity index (χ4v) is 2.26. The summed E-state index contributed by atoms with van der Waals surface area (Å²) in [5.74, 6) is 0.739. The van der Waals surface area contributed by atoms with Crippen LogP contribution in [0, 0.1) is 12.8 Å². The number of rotatable bonds is 7. The minimum atomic E-state index is -0.156. The maximum Gasteiger partial charge on any atom is 0.251 e. The molecule has 0 radical (unpaired) electrons. The maximum absolute atomic E-state index is 12.1. The molecule has 2 aromatic rings. The molecule has 1 aromatic heterocycles. The smallest absolute Gasteiger partial charge is 0.251 e. The Labute approximate surface area is 146 Å². The predicted molar refractivity (Wildman–Crippen MR) is 95.4 cm³/mol. The average Bonchev–Trinajstić information content (AvgIpc) is 3.46. The van der Waals surface area contributed by atoms with Crippen LogP contribution in [-0.2, 0) is 4.79 Å². The zero-order chi connectivity index (χ0) is 17.6. The van der Waals surface area contributed by atoms with Gasteiger partial charge in [-0.2, -0.15) is 5.10 Å². The molecule has 0 unspecified atom stereocenters. The summed E-state index contributed by atoms with van der Waals surface area (Å²) >= 11 is 0. The number of hydrogen-bond acceptors (Lipinski definition) is 5. The van der Waals surface area contributed by atoms with Crippen LogP contribution in [0.25, 0.3) is 0 Å². The largest absolute Gasteiger partial charge is 0.367 e. The third-order valence-corrected chi connectivity index (χ3v) is 3.88. The van der Waals surface area contributed by atoms with Crippen LogP contribution in [0.4, 0.5) is 11.5 Å². The summed E-state index contributed by atoms with van der Waals surface area (Å²) < 4.78 is 0. The van der Waals surface area contributed by atoms with Gasteiger partial charge in [0, 0.05) is 30.3 Å². The first kappa shape index (κ1) is 16.9. The van der Waals surface area contributed by atoms with Crippen LogP contribution in [0.2, 0.25) is 0 Å². The van der Waals surface area contributed by atoms with E-state index in [-0.39, 0.29) is 17.7 Å². The van der Waals surface area contributed by atoms with Crippen molar-refractivity contribution in [1.29, 1.82) is 0 Å². The number of carbonyl (C=O) groups is 2. The number of aromatic nitrogens is 2. The predicted octanol–water partition coefficient (Wildman–Crippen LogP) is 1.98. The number of nitrogens with zero attached hydrogens (tertiary/aromatic N) is 2. The van der Waals surface area contributed by atoms with Crippen molar-refractivity contribution < 1.29 is 9.59 Å². The lowest BCUT2D eigenvalue weighted by Crippen LogP contribution is -2.28. The first-order valence-electron chi connectivity index (χ1n) is 8.35. The van der Waals surface area contributed by atoms with Gasteiger partial charge >= 0.3 is 0 Å². The topological polar surface area (TPSA) is 96.0 Å². The quantitative estimate of drug-likeness (QED) is 0.670. The number of benzene rings is 1. The fraction of sp³-hybridized carbons (Fsp3) is 0.333. The van der Waals surface area contributed by atoms with Crippen LogP contribution in [0.3, 0.4) is 0 Å². The van der Waals surface area contributed by atoms with Gasteiger partial charge < -0.3 is 16.0 Å². The summed E-state index contributed by atoms with van der Waals surface area (Å²) in [4.78, 5) is 23.8. The van der Waals surface area contributed by atoms with Crippen molar-refractivity contribution in [3.05, 3.63) is 47.7 Å². The standard InChI is InChI=1S/C18H21N5O2/c1-12-2-9-16(23-22-12)19-10-11-20-17(24)13-5-7-15(8-6-13)21-18(25)14-3-4-14/h2,5-9,14H,3-4,10-11H2,1H3,(H,19,23)(H,20,24)(H,21,25). The second kappa shape index (κ2) is 7.74.